The molecule has 0 fully saturated rings. The van der Waals surface area contributed by atoms with Crippen LogP contribution in [0.25, 0.3) is 11.1 Å². The third-order valence-corrected chi connectivity index (χ3v) is 5.92. The van der Waals surface area contributed by atoms with Crippen LogP contribution in [-0.2, 0) is 15.7 Å². The lowest BCUT2D eigenvalue weighted by Crippen LogP contribution is -2.32. The molecule has 0 saturated heterocycles. The Bertz CT molecular complexity index is 1210. The van der Waals surface area contributed by atoms with Crippen molar-refractivity contribution in [2.45, 2.75) is 39.4 Å². The molecule has 0 aliphatic carbocycles. The van der Waals surface area contributed by atoms with E-state index in [0.717, 1.165) is 17.8 Å². The Balaban J connectivity index is 1.52. The number of benzene rings is 2. The van der Waals surface area contributed by atoms with Gasteiger partial charge in [0, 0.05) is 35.6 Å². The molecule has 1 aromatic heterocycles. The predicted molar refractivity (Wildman–Crippen MR) is 142 cm³/mol. The van der Waals surface area contributed by atoms with Gasteiger partial charge in [-0.1, -0.05) is 26.0 Å². The highest BCUT2D eigenvalue weighted by Gasteiger charge is 2.30. The second-order valence-corrected chi connectivity index (χ2v) is 9.15. The van der Waals surface area contributed by atoms with Crippen molar-refractivity contribution < 1.29 is 32.2 Å². The number of hydrogen-bond acceptors (Lipinski definition) is 6. The number of halogens is 3. The van der Waals surface area contributed by atoms with Gasteiger partial charge in [0.2, 0.25) is 5.88 Å². The van der Waals surface area contributed by atoms with E-state index in [1.54, 1.807) is 49.5 Å². The first-order chi connectivity index (χ1) is 18.6. The van der Waals surface area contributed by atoms with E-state index in [0.29, 0.717) is 35.8 Å². The number of aromatic nitrogens is 1. The Kier molecular flexibility index (Phi) is 10.3. The molecule has 0 radical (unpaired) electrons. The van der Waals surface area contributed by atoms with Crippen LogP contribution in [0.1, 0.15) is 43.1 Å². The van der Waals surface area contributed by atoms with Crippen LogP contribution in [0.15, 0.2) is 66.9 Å². The van der Waals surface area contributed by atoms with Crippen molar-refractivity contribution in [3.8, 4) is 17.0 Å². The molecule has 7 nitrogen and oxygen atoms in total. The summed E-state index contributed by atoms with van der Waals surface area (Å²) in [6.45, 7) is 6.65. The van der Waals surface area contributed by atoms with Gasteiger partial charge >= 0.3 is 12.1 Å². The zero-order valence-electron chi connectivity index (χ0n) is 22.0. The van der Waals surface area contributed by atoms with Gasteiger partial charge in [0.25, 0.3) is 5.91 Å². The zero-order valence-corrected chi connectivity index (χ0v) is 22.0. The molecule has 3 aromatic rings. The number of ether oxygens (including phenoxy) is 2. The average molecular weight is 544 g/mol. The second-order valence-electron chi connectivity index (χ2n) is 9.15. The number of rotatable bonds is 12. The number of esters is 1. The fourth-order valence-electron chi connectivity index (χ4n) is 3.61. The van der Waals surface area contributed by atoms with Crippen molar-refractivity contribution in [1.29, 1.82) is 0 Å². The molecule has 1 heterocycles. The van der Waals surface area contributed by atoms with Gasteiger partial charge in [-0.2, -0.15) is 13.2 Å². The summed E-state index contributed by atoms with van der Waals surface area (Å²) in [5.41, 5.74) is 1.89. The molecule has 39 heavy (non-hydrogen) atoms. The molecule has 0 saturated carbocycles. The normalized spacial score (nSPS) is 12.1. The van der Waals surface area contributed by atoms with Gasteiger partial charge in [-0.3, -0.25) is 9.59 Å². The van der Waals surface area contributed by atoms with E-state index in [1.807, 2.05) is 13.8 Å². The summed E-state index contributed by atoms with van der Waals surface area (Å²) in [5, 5.41) is 6.10. The van der Waals surface area contributed by atoms with Crippen LogP contribution in [0.3, 0.4) is 0 Å². The number of carbonyl (C=O) groups is 2. The van der Waals surface area contributed by atoms with Gasteiger partial charge in [0.1, 0.15) is 6.61 Å². The largest absolute Gasteiger partial charge is 0.475 e. The van der Waals surface area contributed by atoms with Crippen LogP contribution in [0.5, 0.6) is 5.88 Å². The predicted octanol–water partition coefficient (Wildman–Crippen LogP) is 5.97. The van der Waals surface area contributed by atoms with Crippen LogP contribution in [0, 0.1) is 5.92 Å². The minimum atomic E-state index is -4.38. The first-order valence-corrected chi connectivity index (χ1v) is 12.6. The van der Waals surface area contributed by atoms with E-state index in [2.05, 4.69) is 15.6 Å². The Morgan fingerprint density at radius 2 is 1.62 bits per heavy atom. The van der Waals surface area contributed by atoms with Gasteiger partial charge in [0.05, 0.1) is 24.6 Å². The van der Waals surface area contributed by atoms with Crippen molar-refractivity contribution in [2.24, 2.45) is 5.92 Å². The van der Waals surface area contributed by atoms with E-state index >= 15 is 0 Å². The molecule has 0 spiro atoms. The molecule has 3 rings (SSSR count). The van der Waals surface area contributed by atoms with E-state index < -0.39 is 11.7 Å². The molecule has 0 bridgehead atoms. The molecule has 1 amide bonds. The maximum Gasteiger partial charge on any atom is 0.416 e. The van der Waals surface area contributed by atoms with Gasteiger partial charge in [-0.15, -0.1) is 0 Å². The van der Waals surface area contributed by atoms with Crippen LogP contribution in [-0.4, -0.2) is 42.7 Å². The quantitative estimate of drug-likeness (QED) is 0.274. The number of anilines is 1. The van der Waals surface area contributed by atoms with Crippen molar-refractivity contribution in [3.05, 3.63) is 78.0 Å². The summed E-state index contributed by atoms with van der Waals surface area (Å²) in [6.07, 6.45) is -2.70. The lowest BCUT2D eigenvalue weighted by Gasteiger charge is -2.23. The lowest BCUT2D eigenvalue weighted by atomic mass is 10.0. The molecule has 0 unspecified atom stereocenters. The third kappa shape index (κ3) is 9.01. The standard InChI is InChI=1S/C29H32F3N3O4/c1-4-38-27(36)15-16-33-28(37)21-7-12-24(13-8-21)35-25(19(2)3)18-39-26-14-9-22(17-34-26)20-5-10-23(11-6-20)29(30,31)32/h5-14,17,19,25,35H,4,15-16,18H2,1-3H3,(H,33,37)/t25-/m1/s1. The summed E-state index contributed by atoms with van der Waals surface area (Å²) >= 11 is 0. The van der Waals surface area contributed by atoms with Crippen molar-refractivity contribution in [3.63, 3.8) is 0 Å². The van der Waals surface area contributed by atoms with Gasteiger partial charge < -0.3 is 20.1 Å². The Morgan fingerprint density at radius 3 is 2.18 bits per heavy atom. The van der Waals surface area contributed by atoms with E-state index in [-0.39, 0.29) is 36.8 Å². The van der Waals surface area contributed by atoms with Crippen LogP contribution < -0.4 is 15.4 Å². The molecule has 208 valence electrons. The summed E-state index contributed by atoms with van der Waals surface area (Å²) in [7, 11) is 0. The summed E-state index contributed by atoms with van der Waals surface area (Å²) in [6, 6.07) is 15.3. The zero-order chi connectivity index (χ0) is 28.4. The number of carbonyl (C=O) groups excluding carboxylic acids is 2. The number of hydrogen-bond donors (Lipinski definition) is 2. The van der Waals surface area contributed by atoms with Gasteiger partial charge in [0.15, 0.2) is 0 Å². The number of nitrogens with one attached hydrogen (secondary N) is 2. The molecule has 10 heteroatoms. The van der Waals surface area contributed by atoms with Crippen molar-refractivity contribution in [2.75, 3.05) is 25.1 Å². The first kappa shape index (κ1) is 29.5. The van der Waals surface area contributed by atoms with Crippen molar-refractivity contribution >= 4 is 17.6 Å². The number of pyridine rings is 1. The summed E-state index contributed by atoms with van der Waals surface area (Å²) in [5.74, 6) is -0.0276. The second kappa shape index (κ2) is 13.6. The van der Waals surface area contributed by atoms with E-state index in [4.69, 9.17) is 9.47 Å². The monoisotopic (exact) mass is 543 g/mol. The topological polar surface area (TPSA) is 89.5 Å². The molecular weight excluding hydrogens is 511 g/mol. The molecule has 1 atom stereocenters. The maximum absolute atomic E-state index is 12.8. The summed E-state index contributed by atoms with van der Waals surface area (Å²) < 4.78 is 49.1. The highest BCUT2D eigenvalue weighted by Crippen LogP contribution is 2.31. The first-order valence-electron chi connectivity index (χ1n) is 12.6. The highest BCUT2D eigenvalue weighted by molar-refractivity contribution is 5.94. The minimum absolute atomic E-state index is 0.0642. The van der Waals surface area contributed by atoms with Crippen LogP contribution in [0.4, 0.5) is 18.9 Å². The van der Waals surface area contributed by atoms with Gasteiger partial charge in [-0.05, 0) is 60.9 Å². The fraction of sp³-hybridized carbons (Fsp3) is 0.345. The maximum atomic E-state index is 12.8. The van der Waals surface area contributed by atoms with Crippen molar-refractivity contribution in [1.82, 2.24) is 10.3 Å². The van der Waals surface area contributed by atoms with Gasteiger partial charge in [-0.25, -0.2) is 4.98 Å². The van der Waals surface area contributed by atoms with E-state index in [9.17, 15) is 22.8 Å². The average Bonchev–Trinajstić information content (AvgIpc) is 2.91. The van der Waals surface area contributed by atoms with Crippen LogP contribution >= 0.6 is 0 Å². The molecule has 0 aliphatic rings. The third-order valence-electron chi connectivity index (χ3n) is 5.92. The number of alkyl halides is 3. The molecule has 2 aromatic carbocycles. The Morgan fingerprint density at radius 1 is 0.949 bits per heavy atom. The molecule has 0 aliphatic heterocycles. The highest BCUT2D eigenvalue weighted by atomic mass is 19.4. The Hall–Kier alpha value is -4.08. The smallest absolute Gasteiger partial charge is 0.416 e. The summed E-state index contributed by atoms with van der Waals surface area (Å²) in [4.78, 5) is 28.0. The van der Waals surface area contributed by atoms with Crippen LogP contribution in [0.2, 0.25) is 0 Å². The number of nitrogens with zero attached hydrogens (tertiary/aromatic N) is 1. The van der Waals surface area contributed by atoms with E-state index in [1.165, 1.54) is 12.1 Å². The fourth-order valence-corrected chi connectivity index (χ4v) is 3.61. The number of amides is 1. The molecular formula is C29H32F3N3O4. The lowest BCUT2D eigenvalue weighted by molar-refractivity contribution is -0.143. The SMILES string of the molecule is CCOC(=O)CCNC(=O)c1ccc(N[C@H](COc2ccc(-c3ccc(C(F)(F)F)cc3)cn2)C(C)C)cc1. The Labute approximate surface area is 225 Å². The molecule has 2 N–H and O–H groups in total. The minimum Gasteiger partial charge on any atom is -0.475 e.